The largest absolute Gasteiger partial charge is 0.331 e. The van der Waals surface area contributed by atoms with Crippen molar-refractivity contribution < 1.29 is 4.79 Å². The van der Waals surface area contributed by atoms with Crippen LogP contribution < -0.4 is 5.32 Å². The number of urea groups is 1. The normalized spacial score (nSPS) is 24.0. The lowest BCUT2D eigenvalue weighted by Crippen LogP contribution is -2.46. The van der Waals surface area contributed by atoms with Gasteiger partial charge in [0.05, 0.1) is 12.1 Å². The van der Waals surface area contributed by atoms with Crippen molar-refractivity contribution in [3.8, 4) is 0 Å². The molecule has 2 aromatic rings. The number of amides is 2. The first-order valence-corrected chi connectivity index (χ1v) is 9.36. The number of hydrogen-bond acceptors (Lipinski definition) is 2. The van der Waals surface area contributed by atoms with Crippen LogP contribution in [0.25, 0.3) is 0 Å². The van der Waals surface area contributed by atoms with Crippen molar-refractivity contribution in [1.82, 2.24) is 20.0 Å². The molecule has 1 aliphatic carbocycles. The van der Waals surface area contributed by atoms with Crippen LogP contribution in [0.3, 0.4) is 0 Å². The average Bonchev–Trinajstić information content (AvgIpc) is 3.19. The molecule has 2 aliphatic rings. The topological polar surface area (TPSA) is 50.2 Å². The van der Waals surface area contributed by atoms with Crippen molar-refractivity contribution >= 4 is 6.03 Å². The van der Waals surface area contributed by atoms with Gasteiger partial charge in [-0.1, -0.05) is 31.2 Å². The van der Waals surface area contributed by atoms with Crippen molar-refractivity contribution in [2.45, 2.75) is 50.6 Å². The molecule has 1 N–H and O–H groups in total. The summed E-state index contributed by atoms with van der Waals surface area (Å²) in [6.45, 7) is 3.86. The van der Waals surface area contributed by atoms with Crippen LogP contribution in [0.15, 0.2) is 42.7 Å². The maximum Gasteiger partial charge on any atom is 0.317 e. The molecule has 5 heteroatoms. The maximum absolute atomic E-state index is 12.7. The van der Waals surface area contributed by atoms with E-state index in [1.807, 2.05) is 28.0 Å². The zero-order valence-electron chi connectivity index (χ0n) is 14.8. The summed E-state index contributed by atoms with van der Waals surface area (Å²) in [7, 11) is 0. The lowest BCUT2D eigenvalue weighted by Gasteiger charge is -2.35. The Morgan fingerprint density at radius 3 is 2.56 bits per heavy atom. The molecule has 2 amide bonds. The molecule has 25 heavy (non-hydrogen) atoms. The van der Waals surface area contributed by atoms with Gasteiger partial charge in [0.15, 0.2) is 0 Å². The number of benzene rings is 1. The van der Waals surface area contributed by atoms with Crippen LogP contribution in [0.4, 0.5) is 4.79 Å². The Balaban J connectivity index is 1.38. The summed E-state index contributed by atoms with van der Waals surface area (Å²) in [5, 5.41) is 7.61. The number of hydrogen-bond donors (Lipinski definition) is 1. The lowest BCUT2D eigenvalue weighted by molar-refractivity contribution is 0.164. The Morgan fingerprint density at radius 2 is 1.84 bits per heavy atom. The molecular weight excluding hydrogens is 312 g/mol. The van der Waals surface area contributed by atoms with Crippen LogP contribution in [-0.4, -0.2) is 33.8 Å². The van der Waals surface area contributed by atoms with E-state index in [1.165, 1.54) is 11.1 Å². The van der Waals surface area contributed by atoms with Gasteiger partial charge in [0.25, 0.3) is 0 Å². The van der Waals surface area contributed by atoms with Crippen LogP contribution in [0.1, 0.15) is 61.7 Å². The van der Waals surface area contributed by atoms with E-state index in [0.29, 0.717) is 12.0 Å². The molecule has 1 saturated heterocycles. The highest BCUT2D eigenvalue weighted by molar-refractivity contribution is 5.75. The number of nitrogens with one attached hydrogen (secondary N) is 1. The van der Waals surface area contributed by atoms with Crippen LogP contribution in [0, 0.1) is 0 Å². The van der Waals surface area contributed by atoms with Gasteiger partial charge in [-0.15, -0.1) is 0 Å². The molecule has 5 nitrogen and oxygen atoms in total. The molecule has 1 aromatic carbocycles. The Kier molecular flexibility index (Phi) is 4.47. The quantitative estimate of drug-likeness (QED) is 0.904. The molecule has 1 aromatic heterocycles. The number of carbonyl (C=O) groups excluding carboxylic acids is 1. The fourth-order valence-electron chi connectivity index (χ4n) is 4.23. The summed E-state index contributed by atoms with van der Waals surface area (Å²) >= 11 is 0. The number of piperidine rings is 1. The number of rotatable bonds is 2. The van der Waals surface area contributed by atoms with Gasteiger partial charge in [-0.25, -0.2) is 4.79 Å². The second-order valence-corrected chi connectivity index (χ2v) is 7.31. The highest BCUT2D eigenvalue weighted by Crippen LogP contribution is 2.37. The van der Waals surface area contributed by atoms with Crippen LogP contribution in [0.2, 0.25) is 0 Å². The van der Waals surface area contributed by atoms with Gasteiger partial charge in [0.2, 0.25) is 0 Å². The van der Waals surface area contributed by atoms with E-state index in [0.717, 1.165) is 38.8 Å². The highest BCUT2D eigenvalue weighted by Gasteiger charge is 2.29. The van der Waals surface area contributed by atoms with Gasteiger partial charge in [-0.2, -0.15) is 5.10 Å². The standard InChI is InChI=1S/C20H26N4O/c1-15-7-8-19(18-6-3-2-5-17(15)18)22-20(25)23-13-9-16(10-14-23)24-12-4-11-21-24/h2-6,11-12,15-16,19H,7-10,13-14H2,1H3,(H,22,25)/t15-,19+/m1/s1. The minimum Gasteiger partial charge on any atom is -0.331 e. The van der Waals surface area contributed by atoms with Gasteiger partial charge < -0.3 is 10.2 Å². The third-order valence-electron chi connectivity index (χ3n) is 5.74. The third kappa shape index (κ3) is 3.28. The van der Waals surface area contributed by atoms with Crippen molar-refractivity contribution in [2.75, 3.05) is 13.1 Å². The maximum atomic E-state index is 12.7. The summed E-state index contributed by atoms with van der Waals surface area (Å²) < 4.78 is 2.02. The summed E-state index contributed by atoms with van der Waals surface area (Å²) in [5.41, 5.74) is 2.68. The van der Waals surface area contributed by atoms with Crippen LogP contribution in [0.5, 0.6) is 0 Å². The van der Waals surface area contributed by atoms with Gasteiger partial charge >= 0.3 is 6.03 Å². The van der Waals surface area contributed by atoms with E-state index in [-0.39, 0.29) is 12.1 Å². The number of fused-ring (bicyclic) bond motifs is 1. The van der Waals surface area contributed by atoms with E-state index in [4.69, 9.17) is 0 Å². The van der Waals surface area contributed by atoms with Crippen LogP contribution >= 0.6 is 0 Å². The number of likely N-dealkylation sites (tertiary alicyclic amines) is 1. The second-order valence-electron chi connectivity index (χ2n) is 7.31. The first-order chi connectivity index (χ1) is 12.2. The number of aromatic nitrogens is 2. The Hall–Kier alpha value is -2.30. The van der Waals surface area contributed by atoms with E-state index in [9.17, 15) is 4.79 Å². The smallest absolute Gasteiger partial charge is 0.317 e. The third-order valence-corrected chi connectivity index (χ3v) is 5.74. The molecule has 132 valence electrons. The van der Waals surface area contributed by atoms with Gasteiger partial charge in [-0.05, 0) is 48.8 Å². The fourth-order valence-corrected chi connectivity index (χ4v) is 4.23. The average molecular weight is 338 g/mol. The summed E-state index contributed by atoms with van der Waals surface area (Å²) in [5.74, 6) is 0.578. The minimum atomic E-state index is 0.0771. The molecule has 4 rings (SSSR count). The summed E-state index contributed by atoms with van der Waals surface area (Å²) in [6.07, 6.45) is 7.92. The number of carbonyl (C=O) groups is 1. The molecule has 0 unspecified atom stereocenters. The summed E-state index contributed by atoms with van der Waals surface area (Å²) in [6, 6.07) is 11.1. The van der Waals surface area contributed by atoms with E-state index >= 15 is 0 Å². The molecule has 0 bridgehead atoms. The predicted octanol–water partition coefficient (Wildman–Crippen LogP) is 3.87. The molecule has 0 radical (unpaired) electrons. The van der Waals surface area contributed by atoms with E-state index in [1.54, 1.807) is 0 Å². The fraction of sp³-hybridized carbons (Fsp3) is 0.500. The van der Waals surface area contributed by atoms with E-state index < -0.39 is 0 Å². The number of nitrogens with zero attached hydrogens (tertiary/aromatic N) is 3. The molecule has 2 heterocycles. The molecule has 0 spiro atoms. The SMILES string of the molecule is C[C@@H]1CC[C@H](NC(=O)N2CCC(n3cccn3)CC2)c2ccccc21. The van der Waals surface area contributed by atoms with Crippen molar-refractivity contribution in [3.63, 3.8) is 0 Å². The Labute approximate surface area is 149 Å². The monoisotopic (exact) mass is 338 g/mol. The van der Waals surface area contributed by atoms with Gasteiger partial charge in [0, 0.05) is 25.5 Å². The van der Waals surface area contributed by atoms with Crippen molar-refractivity contribution in [3.05, 3.63) is 53.9 Å². The second kappa shape index (κ2) is 6.90. The molecular formula is C20H26N4O. The Bertz CT molecular complexity index is 719. The van der Waals surface area contributed by atoms with Crippen molar-refractivity contribution in [1.29, 1.82) is 0 Å². The van der Waals surface area contributed by atoms with E-state index in [2.05, 4.69) is 41.6 Å². The summed E-state index contributed by atoms with van der Waals surface area (Å²) in [4.78, 5) is 14.7. The lowest BCUT2D eigenvalue weighted by atomic mass is 9.81. The Morgan fingerprint density at radius 1 is 1.08 bits per heavy atom. The predicted molar refractivity (Wildman–Crippen MR) is 97.4 cm³/mol. The molecule has 1 aliphatic heterocycles. The molecule has 0 saturated carbocycles. The molecule has 1 fully saturated rings. The zero-order chi connectivity index (χ0) is 17.2. The minimum absolute atomic E-state index is 0.0771. The highest BCUT2D eigenvalue weighted by atomic mass is 16.2. The first kappa shape index (κ1) is 16.2. The van der Waals surface area contributed by atoms with Crippen LogP contribution in [-0.2, 0) is 0 Å². The van der Waals surface area contributed by atoms with Crippen molar-refractivity contribution in [2.24, 2.45) is 0 Å². The zero-order valence-corrected chi connectivity index (χ0v) is 14.8. The molecule has 2 atom stereocenters. The van der Waals surface area contributed by atoms with Gasteiger partial charge in [0.1, 0.15) is 0 Å². The first-order valence-electron chi connectivity index (χ1n) is 9.36. The van der Waals surface area contributed by atoms with Gasteiger partial charge in [-0.3, -0.25) is 4.68 Å².